The molecule has 0 aromatic heterocycles. The minimum atomic E-state index is -0.821. The summed E-state index contributed by atoms with van der Waals surface area (Å²) < 4.78 is 27.1. The van der Waals surface area contributed by atoms with E-state index in [0.29, 0.717) is 13.0 Å². The van der Waals surface area contributed by atoms with Crippen LogP contribution in [0.25, 0.3) is 0 Å². The van der Waals surface area contributed by atoms with E-state index in [4.69, 9.17) is 0 Å². The molecular formula is C20H23F2NO. The fraction of sp³-hybridized carbons (Fsp3) is 0.400. The number of rotatable bonds is 5. The number of nitrogens with one attached hydrogen (secondary N) is 1. The smallest absolute Gasteiger partial charge is 0.159 e. The molecule has 2 nitrogen and oxygen atoms in total. The van der Waals surface area contributed by atoms with Gasteiger partial charge in [-0.05, 0) is 54.5 Å². The molecule has 24 heavy (non-hydrogen) atoms. The summed E-state index contributed by atoms with van der Waals surface area (Å²) in [5.74, 6) is -1.59. The average Bonchev–Trinajstić information content (AvgIpc) is 2.59. The second-order valence-electron chi connectivity index (χ2n) is 6.68. The molecule has 1 fully saturated rings. The van der Waals surface area contributed by atoms with Crippen LogP contribution in [0.1, 0.15) is 29.9 Å². The van der Waals surface area contributed by atoms with Crippen LogP contribution in [0.4, 0.5) is 8.78 Å². The fourth-order valence-electron chi connectivity index (χ4n) is 4.00. The van der Waals surface area contributed by atoms with Crippen LogP contribution >= 0.6 is 0 Å². The normalized spacial score (nSPS) is 24.0. The van der Waals surface area contributed by atoms with Gasteiger partial charge in [-0.1, -0.05) is 36.4 Å². The highest BCUT2D eigenvalue weighted by Crippen LogP contribution is 2.46. The highest BCUT2D eigenvalue weighted by Gasteiger charge is 2.41. The van der Waals surface area contributed by atoms with Crippen molar-refractivity contribution in [1.29, 1.82) is 0 Å². The molecule has 0 saturated carbocycles. The van der Waals surface area contributed by atoms with Crippen LogP contribution in [-0.4, -0.2) is 24.8 Å². The zero-order valence-corrected chi connectivity index (χ0v) is 13.6. The van der Waals surface area contributed by atoms with Gasteiger partial charge in [0.1, 0.15) is 0 Å². The maximum absolute atomic E-state index is 13.8. The number of aliphatic hydroxyl groups excluding tert-OH is 1. The first-order chi connectivity index (χ1) is 11.6. The van der Waals surface area contributed by atoms with Crippen molar-refractivity contribution in [3.63, 3.8) is 0 Å². The number of hydrogen-bond acceptors (Lipinski definition) is 2. The molecule has 0 amide bonds. The van der Waals surface area contributed by atoms with E-state index in [1.54, 1.807) is 6.07 Å². The monoisotopic (exact) mass is 331 g/mol. The van der Waals surface area contributed by atoms with E-state index in [2.05, 4.69) is 17.4 Å². The van der Waals surface area contributed by atoms with Crippen molar-refractivity contribution in [3.8, 4) is 0 Å². The van der Waals surface area contributed by atoms with Gasteiger partial charge in [-0.3, -0.25) is 0 Å². The lowest BCUT2D eigenvalue weighted by molar-refractivity contribution is 0.110. The Balaban J connectivity index is 1.98. The highest BCUT2D eigenvalue weighted by atomic mass is 19.2. The molecular weight excluding hydrogens is 308 g/mol. The molecule has 3 rings (SSSR count). The Morgan fingerprint density at radius 1 is 1.08 bits per heavy atom. The summed E-state index contributed by atoms with van der Waals surface area (Å²) >= 11 is 0. The molecule has 128 valence electrons. The van der Waals surface area contributed by atoms with Gasteiger partial charge in [-0.15, -0.1) is 0 Å². The Kier molecular flexibility index (Phi) is 5.27. The molecule has 0 bridgehead atoms. The third-order valence-corrected chi connectivity index (χ3v) is 5.24. The fourth-order valence-corrected chi connectivity index (χ4v) is 4.00. The van der Waals surface area contributed by atoms with Crippen molar-refractivity contribution in [2.75, 3.05) is 19.7 Å². The maximum atomic E-state index is 13.8. The molecule has 1 heterocycles. The lowest BCUT2D eigenvalue weighted by Crippen LogP contribution is -2.45. The molecule has 0 spiro atoms. The van der Waals surface area contributed by atoms with Gasteiger partial charge in [-0.2, -0.15) is 0 Å². The van der Waals surface area contributed by atoms with Gasteiger partial charge in [0.2, 0.25) is 0 Å². The summed E-state index contributed by atoms with van der Waals surface area (Å²) in [6.45, 7) is 1.66. The van der Waals surface area contributed by atoms with Crippen molar-refractivity contribution < 1.29 is 13.9 Å². The first-order valence-corrected chi connectivity index (χ1v) is 8.45. The van der Waals surface area contributed by atoms with E-state index in [1.807, 2.05) is 18.2 Å². The Morgan fingerprint density at radius 3 is 2.58 bits per heavy atom. The Hall–Kier alpha value is -1.78. The minimum Gasteiger partial charge on any atom is -0.396 e. The van der Waals surface area contributed by atoms with Crippen molar-refractivity contribution in [2.45, 2.75) is 25.2 Å². The van der Waals surface area contributed by atoms with Gasteiger partial charge in [0.25, 0.3) is 0 Å². The molecule has 1 aliphatic heterocycles. The summed E-state index contributed by atoms with van der Waals surface area (Å²) in [5, 5.41) is 13.0. The van der Waals surface area contributed by atoms with Crippen molar-refractivity contribution in [2.24, 2.45) is 5.41 Å². The first-order valence-electron chi connectivity index (χ1n) is 8.45. The van der Waals surface area contributed by atoms with E-state index in [9.17, 15) is 13.9 Å². The van der Waals surface area contributed by atoms with E-state index in [1.165, 1.54) is 17.7 Å². The second kappa shape index (κ2) is 7.41. The zero-order chi connectivity index (χ0) is 17.0. The molecule has 2 atom stereocenters. The standard InChI is InChI=1S/C20H23F2NO/c21-18-7-6-16(12-19(18)22)17-14-23-10-8-20(17,9-11-24)13-15-4-2-1-3-5-15/h1-7,12,17,23-24H,8-11,13-14H2/t17-,20+/m1/s1. The van der Waals surface area contributed by atoms with Crippen molar-refractivity contribution >= 4 is 0 Å². The summed E-state index contributed by atoms with van der Waals surface area (Å²) in [6, 6.07) is 14.4. The second-order valence-corrected chi connectivity index (χ2v) is 6.68. The van der Waals surface area contributed by atoms with Gasteiger partial charge >= 0.3 is 0 Å². The predicted octanol–water partition coefficient (Wildman–Crippen LogP) is 3.65. The van der Waals surface area contributed by atoms with Gasteiger partial charge < -0.3 is 10.4 Å². The van der Waals surface area contributed by atoms with Crippen molar-refractivity contribution in [3.05, 3.63) is 71.3 Å². The molecule has 0 unspecified atom stereocenters. The molecule has 4 heteroatoms. The van der Waals surface area contributed by atoms with Crippen LogP contribution in [0.5, 0.6) is 0 Å². The van der Waals surface area contributed by atoms with E-state index < -0.39 is 11.6 Å². The highest BCUT2D eigenvalue weighted by molar-refractivity contribution is 5.28. The Morgan fingerprint density at radius 2 is 1.88 bits per heavy atom. The van der Waals surface area contributed by atoms with Gasteiger partial charge in [0, 0.05) is 19.1 Å². The van der Waals surface area contributed by atoms with Crippen LogP contribution < -0.4 is 5.32 Å². The molecule has 1 aliphatic rings. The first kappa shape index (κ1) is 17.1. The lowest BCUT2D eigenvalue weighted by atomic mass is 9.63. The molecule has 1 saturated heterocycles. The average molecular weight is 331 g/mol. The SMILES string of the molecule is OCC[C@]1(Cc2ccccc2)CCNC[C@@H]1c1ccc(F)c(F)c1. The summed E-state index contributed by atoms with van der Waals surface area (Å²) in [6.07, 6.45) is 2.36. The predicted molar refractivity (Wildman–Crippen MR) is 90.9 cm³/mol. The number of hydrogen-bond donors (Lipinski definition) is 2. The van der Waals surface area contributed by atoms with Crippen LogP contribution in [0.15, 0.2) is 48.5 Å². The number of aliphatic hydroxyl groups is 1. The van der Waals surface area contributed by atoms with E-state index >= 15 is 0 Å². The largest absolute Gasteiger partial charge is 0.396 e. The third-order valence-electron chi connectivity index (χ3n) is 5.24. The topological polar surface area (TPSA) is 32.3 Å². The summed E-state index contributed by atoms with van der Waals surface area (Å²) in [4.78, 5) is 0. The molecule has 2 aromatic carbocycles. The molecule has 0 aliphatic carbocycles. The number of benzene rings is 2. The van der Waals surface area contributed by atoms with Crippen LogP contribution in [0.2, 0.25) is 0 Å². The van der Waals surface area contributed by atoms with E-state index in [-0.39, 0.29) is 17.9 Å². The Bertz CT molecular complexity index is 673. The third kappa shape index (κ3) is 3.50. The number of piperidine rings is 1. The zero-order valence-electron chi connectivity index (χ0n) is 13.6. The molecule has 2 aromatic rings. The Labute approximate surface area is 141 Å². The van der Waals surface area contributed by atoms with Crippen LogP contribution in [-0.2, 0) is 6.42 Å². The summed E-state index contributed by atoms with van der Waals surface area (Å²) in [5.41, 5.74) is 1.84. The van der Waals surface area contributed by atoms with Gasteiger partial charge in [0.15, 0.2) is 11.6 Å². The van der Waals surface area contributed by atoms with Crippen LogP contribution in [0.3, 0.4) is 0 Å². The molecule has 2 N–H and O–H groups in total. The summed E-state index contributed by atoms with van der Waals surface area (Å²) in [7, 11) is 0. The van der Waals surface area contributed by atoms with Gasteiger partial charge in [-0.25, -0.2) is 8.78 Å². The minimum absolute atomic E-state index is 0.0358. The number of halogens is 2. The van der Waals surface area contributed by atoms with Crippen LogP contribution in [0, 0.1) is 17.0 Å². The quantitative estimate of drug-likeness (QED) is 0.876. The maximum Gasteiger partial charge on any atom is 0.159 e. The lowest BCUT2D eigenvalue weighted by Gasteiger charge is -2.45. The van der Waals surface area contributed by atoms with E-state index in [0.717, 1.165) is 24.9 Å². The van der Waals surface area contributed by atoms with Gasteiger partial charge in [0.05, 0.1) is 0 Å². The van der Waals surface area contributed by atoms with Crippen molar-refractivity contribution in [1.82, 2.24) is 5.32 Å². The molecule has 0 radical (unpaired) electrons.